The summed E-state index contributed by atoms with van der Waals surface area (Å²) < 4.78 is 0. The van der Waals surface area contributed by atoms with Gasteiger partial charge in [0.1, 0.15) is 0 Å². The maximum atomic E-state index is 7.93. The second-order valence-electron chi connectivity index (χ2n) is 3.38. The van der Waals surface area contributed by atoms with Crippen LogP contribution in [-0.2, 0) is 6.42 Å². The van der Waals surface area contributed by atoms with Gasteiger partial charge >= 0.3 is 0 Å². The lowest BCUT2D eigenvalue weighted by molar-refractivity contribution is 1.24. The lowest BCUT2D eigenvalue weighted by Gasteiger charge is -2.03. The molecule has 1 heterocycles. The lowest BCUT2D eigenvalue weighted by Crippen LogP contribution is -2.03. The Morgan fingerprint density at radius 2 is 1.87 bits per heavy atom. The van der Waals surface area contributed by atoms with Crippen molar-refractivity contribution >= 4 is 5.71 Å². The third kappa shape index (κ3) is 2.50. The van der Waals surface area contributed by atoms with Crippen molar-refractivity contribution in [2.45, 2.75) is 6.42 Å². The Morgan fingerprint density at radius 3 is 2.53 bits per heavy atom. The van der Waals surface area contributed by atoms with Gasteiger partial charge in [0, 0.05) is 30.1 Å². The second kappa shape index (κ2) is 4.51. The molecule has 0 fully saturated rings. The van der Waals surface area contributed by atoms with E-state index in [-0.39, 0.29) is 0 Å². The van der Waals surface area contributed by atoms with Gasteiger partial charge in [0.25, 0.3) is 0 Å². The number of rotatable bonds is 3. The summed E-state index contributed by atoms with van der Waals surface area (Å²) in [4.78, 5) is 4.01. The molecule has 0 saturated carbocycles. The van der Waals surface area contributed by atoms with Gasteiger partial charge in [0.15, 0.2) is 0 Å². The van der Waals surface area contributed by atoms with E-state index in [9.17, 15) is 0 Å². The van der Waals surface area contributed by atoms with E-state index in [1.54, 1.807) is 12.4 Å². The van der Waals surface area contributed by atoms with Crippen molar-refractivity contribution in [3.63, 3.8) is 0 Å². The largest absolute Gasteiger partial charge is 0.304 e. The first-order chi connectivity index (χ1) is 7.36. The van der Waals surface area contributed by atoms with Crippen LogP contribution in [0.4, 0.5) is 0 Å². The molecule has 1 N–H and O–H groups in total. The Morgan fingerprint density at radius 1 is 1.07 bits per heavy atom. The molecule has 15 heavy (non-hydrogen) atoms. The van der Waals surface area contributed by atoms with Gasteiger partial charge < -0.3 is 5.41 Å². The van der Waals surface area contributed by atoms with Crippen LogP contribution >= 0.6 is 0 Å². The fourth-order valence-corrected chi connectivity index (χ4v) is 1.44. The van der Waals surface area contributed by atoms with E-state index in [0.29, 0.717) is 12.1 Å². The zero-order valence-electron chi connectivity index (χ0n) is 8.35. The van der Waals surface area contributed by atoms with Crippen LogP contribution in [0.1, 0.15) is 11.1 Å². The van der Waals surface area contributed by atoms with Crippen molar-refractivity contribution in [3.8, 4) is 0 Å². The van der Waals surface area contributed by atoms with E-state index in [4.69, 9.17) is 5.41 Å². The molecule has 0 amide bonds. The summed E-state index contributed by atoms with van der Waals surface area (Å²) >= 11 is 0. The summed E-state index contributed by atoms with van der Waals surface area (Å²) in [6.45, 7) is 0. The molecule has 0 atom stereocenters. The molecule has 2 nitrogen and oxygen atoms in total. The maximum Gasteiger partial charge on any atom is 0.0445 e. The molecule has 0 radical (unpaired) electrons. The van der Waals surface area contributed by atoms with Crippen LogP contribution < -0.4 is 0 Å². The quantitative estimate of drug-likeness (QED) is 0.753. The molecule has 1 aromatic carbocycles. The van der Waals surface area contributed by atoms with Gasteiger partial charge in [-0.3, -0.25) is 4.98 Å². The van der Waals surface area contributed by atoms with E-state index >= 15 is 0 Å². The Balaban J connectivity index is 2.12. The Kier molecular flexibility index (Phi) is 2.88. The Hall–Kier alpha value is -1.96. The smallest absolute Gasteiger partial charge is 0.0445 e. The molecule has 1 aromatic heterocycles. The first-order valence-electron chi connectivity index (χ1n) is 4.88. The molecule has 0 unspecified atom stereocenters. The molecule has 0 spiro atoms. The number of pyridine rings is 1. The molecule has 0 bridgehead atoms. The number of benzene rings is 1. The molecule has 0 saturated heterocycles. The van der Waals surface area contributed by atoms with E-state index in [2.05, 4.69) is 4.98 Å². The SMILES string of the molecule is N=C(Cc1ccccc1)c1cccnc1. The van der Waals surface area contributed by atoms with Crippen molar-refractivity contribution in [1.29, 1.82) is 5.41 Å². The van der Waals surface area contributed by atoms with Gasteiger partial charge in [-0.2, -0.15) is 0 Å². The highest BCUT2D eigenvalue weighted by molar-refractivity contribution is 5.99. The van der Waals surface area contributed by atoms with Gasteiger partial charge in [-0.1, -0.05) is 36.4 Å². The highest BCUT2D eigenvalue weighted by Crippen LogP contribution is 2.05. The molecule has 2 rings (SSSR count). The minimum atomic E-state index is 0.606. The number of hydrogen-bond acceptors (Lipinski definition) is 2. The van der Waals surface area contributed by atoms with Crippen molar-refractivity contribution in [1.82, 2.24) is 4.98 Å². The monoisotopic (exact) mass is 196 g/mol. The van der Waals surface area contributed by atoms with Gasteiger partial charge in [-0.05, 0) is 11.6 Å². The summed E-state index contributed by atoms with van der Waals surface area (Å²) in [7, 11) is 0. The lowest BCUT2D eigenvalue weighted by atomic mass is 10.0. The topological polar surface area (TPSA) is 36.7 Å². The first-order valence-corrected chi connectivity index (χ1v) is 4.88. The molecular formula is C13H12N2. The van der Waals surface area contributed by atoms with Gasteiger partial charge in [0.05, 0.1) is 0 Å². The van der Waals surface area contributed by atoms with E-state index in [1.165, 1.54) is 0 Å². The van der Waals surface area contributed by atoms with Crippen molar-refractivity contribution in [2.75, 3.05) is 0 Å². The van der Waals surface area contributed by atoms with Crippen molar-refractivity contribution in [2.24, 2.45) is 0 Å². The first kappa shape index (κ1) is 9.59. The van der Waals surface area contributed by atoms with Crippen LogP contribution in [0.3, 0.4) is 0 Å². The van der Waals surface area contributed by atoms with Gasteiger partial charge in [-0.25, -0.2) is 0 Å². The molecule has 2 heteroatoms. The fourth-order valence-electron chi connectivity index (χ4n) is 1.44. The standard InChI is InChI=1S/C13H12N2/c14-13(12-7-4-8-15-10-12)9-11-5-2-1-3-6-11/h1-8,10,14H,9H2. The Labute approximate surface area is 89.1 Å². The predicted molar refractivity (Wildman–Crippen MR) is 61.2 cm³/mol. The Bertz CT molecular complexity index is 435. The summed E-state index contributed by atoms with van der Waals surface area (Å²) in [6.07, 6.45) is 4.11. The summed E-state index contributed by atoms with van der Waals surface area (Å²) in [5.74, 6) is 0. The number of aromatic nitrogens is 1. The second-order valence-corrected chi connectivity index (χ2v) is 3.38. The van der Waals surface area contributed by atoms with Crippen LogP contribution in [0.5, 0.6) is 0 Å². The van der Waals surface area contributed by atoms with Gasteiger partial charge in [0.2, 0.25) is 0 Å². The summed E-state index contributed by atoms with van der Waals surface area (Å²) in [6, 6.07) is 13.8. The third-order valence-electron chi connectivity index (χ3n) is 2.23. The summed E-state index contributed by atoms with van der Waals surface area (Å²) in [5, 5.41) is 7.93. The van der Waals surface area contributed by atoms with E-state index < -0.39 is 0 Å². The molecule has 2 aromatic rings. The minimum Gasteiger partial charge on any atom is -0.304 e. The van der Waals surface area contributed by atoms with Gasteiger partial charge in [-0.15, -0.1) is 0 Å². The molecule has 0 aliphatic carbocycles. The van der Waals surface area contributed by atoms with Crippen LogP contribution in [0.15, 0.2) is 54.9 Å². The fraction of sp³-hybridized carbons (Fsp3) is 0.0769. The number of nitrogens with one attached hydrogen (secondary N) is 1. The predicted octanol–water partition coefficient (Wildman–Crippen LogP) is 2.69. The van der Waals surface area contributed by atoms with Crippen molar-refractivity contribution in [3.05, 3.63) is 66.0 Å². The zero-order chi connectivity index (χ0) is 10.5. The highest BCUT2D eigenvalue weighted by Gasteiger charge is 2.01. The minimum absolute atomic E-state index is 0.606. The molecule has 0 aliphatic rings. The summed E-state index contributed by atoms with van der Waals surface area (Å²) in [5.41, 5.74) is 2.65. The number of hydrogen-bond donors (Lipinski definition) is 1. The maximum absolute atomic E-state index is 7.93. The average Bonchev–Trinajstić information content (AvgIpc) is 2.31. The zero-order valence-corrected chi connectivity index (χ0v) is 8.35. The third-order valence-corrected chi connectivity index (χ3v) is 2.23. The molecular weight excluding hydrogens is 184 g/mol. The average molecular weight is 196 g/mol. The number of nitrogens with zero attached hydrogens (tertiary/aromatic N) is 1. The van der Waals surface area contributed by atoms with Crippen LogP contribution in [0.2, 0.25) is 0 Å². The molecule has 0 aliphatic heterocycles. The van der Waals surface area contributed by atoms with Crippen LogP contribution in [-0.4, -0.2) is 10.7 Å². The van der Waals surface area contributed by atoms with Crippen LogP contribution in [0.25, 0.3) is 0 Å². The normalized spacial score (nSPS) is 9.87. The van der Waals surface area contributed by atoms with E-state index in [0.717, 1.165) is 11.1 Å². The van der Waals surface area contributed by atoms with Crippen molar-refractivity contribution < 1.29 is 0 Å². The van der Waals surface area contributed by atoms with Crippen LogP contribution in [0, 0.1) is 5.41 Å². The van der Waals surface area contributed by atoms with E-state index in [1.807, 2.05) is 42.5 Å². The highest BCUT2D eigenvalue weighted by atomic mass is 14.6. The molecule has 74 valence electrons.